The molecule has 0 aliphatic carbocycles. The third-order valence-electron chi connectivity index (χ3n) is 3.63. The lowest BCUT2D eigenvalue weighted by Gasteiger charge is -2.23. The van der Waals surface area contributed by atoms with Crippen LogP contribution >= 0.6 is 11.6 Å². The second-order valence-electron chi connectivity index (χ2n) is 5.25. The number of nitrogens with zero attached hydrogens (tertiary/aromatic N) is 1. The normalized spacial score (nSPS) is 13.0. The van der Waals surface area contributed by atoms with Crippen molar-refractivity contribution in [3.8, 4) is 0 Å². The van der Waals surface area contributed by atoms with Crippen LogP contribution in [0.3, 0.4) is 0 Å². The lowest BCUT2D eigenvalue weighted by molar-refractivity contribution is -0.108. The van der Waals surface area contributed by atoms with Gasteiger partial charge < -0.3 is 4.79 Å². The number of sulfonamides is 1. The standard InChI is InChI=1S/C17H18ClNO3S/c1-19(23(21,22)17-8-3-2-4-9-17)13-15(10-11-20)14-6-5-7-16(18)12-14/h2-9,11-12,15H,10,13H2,1H3/t15-/m1/s1. The van der Waals surface area contributed by atoms with Crippen LogP contribution in [0.25, 0.3) is 0 Å². The van der Waals surface area contributed by atoms with Crippen molar-refractivity contribution in [1.29, 1.82) is 0 Å². The van der Waals surface area contributed by atoms with E-state index in [0.717, 1.165) is 11.8 Å². The maximum absolute atomic E-state index is 12.6. The molecule has 0 radical (unpaired) electrons. The Morgan fingerprint density at radius 1 is 1.13 bits per heavy atom. The van der Waals surface area contributed by atoms with E-state index in [0.29, 0.717) is 5.02 Å². The fraction of sp³-hybridized carbons (Fsp3) is 0.235. The van der Waals surface area contributed by atoms with Gasteiger partial charge in [-0.1, -0.05) is 41.9 Å². The fourth-order valence-electron chi connectivity index (χ4n) is 2.37. The highest BCUT2D eigenvalue weighted by atomic mass is 35.5. The van der Waals surface area contributed by atoms with Crippen LogP contribution in [0.1, 0.15) is 17.9 Å². The fourth-order valence-corrected chi connectivity index (χ4v) is 3.81. The molecule has 0 aromatic heterocycles. The molecule has 2 rings (SSSR count). The summed E-state index contributed by atoms with van der Waals surface area (Å²) in [5.74, 6) is -0.241. The second-order valence-corrected chi connectivity index (χ2v) is 7.73. The number of aldehydes is 1. The molecule has 0 fully saturated rings. The Balaban J connectivity index is 2.24. The van der Waals surface area contributed by atoms with Gasteiger partial charge in [-0.15, -0.1) is 0 Å². The molecule has 4 nitrogen and oxygen atoms in total. The summed E-state index contributed by atoms with van der Waals surface area (Å²) in [6.45, 7) is 0.205. The molecule has 0 saturated carbocycles. The van der Waals surface area contributed by atoms with Crippen LogP contribution in [0.5, 0.6) is 0 Å². The summed E-state index contributed by atoms with van der Waals surface area (Å²) in [5.41, 5.74) is 0.847. The molecule has 0 aliphatic rings. The van der Waals surface area contributed by atoms with Crippen LogP contribution in [0.2, 0.25) is 5.02 Å². The van der Waals surface area contributed by atoms with Crippen LogP contribution in [0.4, 0.5) is 0 Å². The quantitative estimate of drug-likeness (QED) is 0.719. The van der Waals surface area contributed by atoms with E-state index >= 15 is 0 Å². The average molecular weight is 352 g/mol. The second kappa shape index (κ2) is 7.73. The Morgan fingerprint density at radius 2 is 1.83 bits per heavy atom. The maximum atomic E-state index is 12.6. The van der Waals surface area contributed by atoms with Crippen molar-refractivity contribution < 1.29 is 13.2 Å². The number of rotatable bonds is 7. The number of benzene rings is 2. The summed E-state index contributed by atoms with van der Waals surface area (Å²) in [5, 5.41) is 0.562. The zero-order chi connectivity index (χ0) is 16.9. The van der Waals surface area contributed by atoms with Gasteiger partial charge in [0.25, 0.3) is 0 Å². The van der Waals surface area contributed by atoms with Crippen LogP contribution in [0, 0.1) is 0 Å². The highest BCUT2D eigenvalue weighted by Crippen LogP contribution is 2.25. The van der Waals surface area contributed by atoms with Gasteiger partial charge in [0, 0.05) is 31.0 Å². The van der Waals surface area contributed by atoms with Gasteiger partial charge >= 0.3 is 0 Å². The molecule has 0 saturated heterocycles. The number of hydrogen-bond acceptors (Lipinski definition) is 3. The summed E-state index contributed by atoms with van der Waals surface area (Å²) in [6.07, 6.45) is 1.03. The van der Waals surface area contributed by atoms with Crippen LogP contribution in [0.15, 0.2) is 59.5 Å². The largest absolute Gasteiger partial charge is 0.303 e. The predicted octanol–water partition coefficient (Wildman–Crippen LogP) is 3.33. The van der Waals surface area contributed by atoms with Crippen molar-refractivity contribution in [2.75, 3.05) is 13.6 Å². The first-order chi connectivity index (χ1) is 10.9. The Hall–Kier alpha value is -1.69. The Labute approximate surface area is 141 Å². The number of likely N-dealkylation sites (N-methyl/N-ethyl adjacent to an activating group) is 1. The van der Waals surface area contributed by atoms with E-state index in [1.54, 1.807) is 48.5 Å². The smallest absolute Gasteiger partial charge is 0.242 e. The topological polar surface area (TPSA) is 54.5 Å². The lowest BCUT2D eigenvalue weighted by Crippen LogP contribution is -2.31. The van der Waals surface area contributed by atoms with Gasteiger partial charge in [0.05, 0.1) is 4.90 Å². The molecule has 0 N–H and O–H groups in total. The summed E-state index contributed by atoms with van der Waals surface area (Å²) in [4.78, 5) is 11.2. The molecule has 0 heterocycles. The van der Waals surface area contributed by atoms with Gasteiger partial charge in [-0.05, 0) is 29.8 Å². The predicted molar refractivity (Wildman–Crippen MR) is 91.1 cm³/mol. The minimum atomic E-state index is -3.59. The zero-order valence-electron chi connectivity index (χ0n) is 12.7. The SMILES string of the molecule is CN(C[C@@H](CC=O)c1cccc(Cl)c1)S(=O)(=O)c1ccccc1. The van der Waals surface area contributed by atoms with Crippen molar-refractivity contribution in [2.24, 2.45) is 0 Å². The van der Waals surface area contributed by atoms with Crippen LogP contribution in [-0.4, -0.2) is 32.6 Å². The van der Waals surface area contributed by atoms with Gasteiger partial charge in [0.15, 0.2) is 0 Å². The number of carbonyl (C=O) groups excluding carboxylic acids is 1. The first-order valence-electron chi connectivity index (χ1n) is 7.15. The van der Waals surface area contributed by atoms with Crippen molar-refractivity contribution in [2.45, 2.75) is 17.2 Å². The summed E-state index contributed by atoms with van der Waals surface area (Å²) >= 11 is 5.99. The summed E-state index contributed by atoms with van der Waals surface area (Å²) in [6, 6.07) is 15.4. The minimum Gasteiger partial charge on any atom is -0.303 e. The van der Waals surface area contributed by atoms with Gasteiger partial charge in [0.1, 0.15) is 6.29 Å². The molecule has 2 aromatic carbocycles. The number of carbonyl (C=O) groups is 1. The van der Waals surface area contributed by atoms with Gasteiger partial charge in [0.2, 0.25) is 10.0 Å². The first kappa shape index (κ1) is 17.7. The third-order valence-corrected chi connectivity index (χ3v) is 5.70. The molecule has 122 valence electrons. The van der Waals surface area contributed by atoms with Crippen molar-refractivity contribution in [3.05, 3.63) is 65.2 Å². The van der Waals surface area contributed by atoms with Crippen LogP contribution in [-0.2, 0) is 14.8 Å². The molecule has 0 spiro atoms. The molecular formula is C17H18ClNO3S. The molecule has 6 heteroatoms. The molecule has 0 bridgehead atoms. The molecule has 0 aliphatic heterocycles. The van der Waals surface area contributed by atoms with E-state index in [1.165, 1.54) is 11.4 Å². The molecule has 2 aromatic rings. The molecule has 23 heavy (non-hydrogen) atoms. The summed E-state index contributed by atoms with van der Waals surface area (Å²) in [7, 11) is -2.07. The minimum absolute atomic E-state index is 0.205. The van der Waals surface area contributed by atoms with Gasteiger partial charge in [-0.3, -0.25) is 0 Å². The Morgan fingerprint density at radius 3 is 2.43 bits per heavy atom. The average Bonchev–Trinajstić information content (AvgIpc) is 2.55. The lowest BCUT2D eigenvalue weighted by atomic mass is 9.96. The maximum Gasteiger partial charge on any atom is 0.242 e. The molecule has 0 amide bonds. The van der Waals surface area contributed by atoms with Crippen LogP contribution < -0.4 is 0 Å². The van der Waals surface area contributed by atoms with E-state index in [2.05, 4.69) is 0 Å². The third kappa shape index (κ3) is 4.41. The summed E-state index contributed by atoms with van der Waals surface area (Å²) < 4.78 is 26.4. The van der Waals surface area contributed by atoms with Gasteiger partial charge in [-0.2, -0.15) is 0 Å². The zero-order valence-corrected chi connectivity index (χ0v) is 14.3. The Kier molecular flexibility index (Phi) is 5.93. The van der Waals surface area contributed by atoms with E-state index in [4.69, 9.17) is 11.6 Å². The van der Waals surface area contributed by atoms with E-state index in [9.17, 15) is 13.2 Å². The highest BCUT2D eigenvalue weighted by Gasteiger charge is 2.24. The first-order valence-corrected chi connectivity index (χ1v) is 8.97. The van der Waals surface area contributed by atoms with Gasteiger partial charge in [-0.25, -0.2) is 12.7 Å². The van der Waals surface area contributed by atoms with Crippen molar-refractivity contribution in [3.63, 3.8) is 0 Å². The molecule has 0 unspecified atom stereocenters. The van der Waals surface area contributed by atoms with E-state index < -0.39 is 10.0 Å². The highest BCUT2D eigenvalue weighted by molar-refractivity contribution is 7.89. The Bertz CT molecular complexity index is 762. The number of hydrogen-bond donors (Lipinski definition) is 0. The van der Waals surface area contributed by atoms with E-state index in [1.807, 2.05) is 6.07 Å². The number of halogens is 1. The van der Waals surface area contributed by atoms with E-state index in [-0.39, 0.29) is 23.8 Å². The molecule has 1 atom stereocenters. The monoisotopic (exact) mass is 351 g/mol. The van der Waals surface area contributed by atoms with Crippen molar-refractivity contribution in [1.82, 2.24) is 4.31 Å². The van der Waals surface area contributed by atoms with Crippen molar-refractivity contribution >= 4 is 27.9 Å². The molecular weight excluding hydrogens is 334 g/mol.